The fourth-order valence-electron chi connectivity index (χ4n) is 3.25. The van der Waals surface area contributed by atoms with E-state index in [4.69, 9.17) is 0 Å². The van der Waals surface area contributed by atoms with E-state index in [-0.39, 0.29) is 17.2 Å². The number of aromatic nitrogens is 2. The van der Waals surface area contributed by atoms with Gasteiger partial charge in [-0.05, 0) is 71.8 Å². The van der Waals surface area contributed by atoms with Crippen LogP contribution in [0.1, 0.15) is 28.8 Å². The van der Waals surface area contributed by atoms with E-state index in [1.165, 1.54) is 28.6 Å². The summed E-state index contributed by atoms with van der Waals surface area (Å²) < 4.78 is 0.845. The summed E-state index contributed by atoms with van der Waals surface area (Å²) >= 11 is 6.32. The van der Waals surface area contributed by atoms with E-state index in [1.807, 2.05) is 25.1 Å². The Hall–Kier alpha value is -1.64. The molecule has 2 heterocycles. The van der Waals surface area contributed by atoms with Gasteiger partial charge in [0.15, 0.2) is 5.16 Å². The minimum absolute atomic E-state index is 0.0939. The number of fused-ring (bicyclic) bond motifs is 3. The number of hydrogen-bond donors (Lipinski definition) is 2. The van der Waals surface area contributed by atoms with Crippen molar-refractivity contribution in [1.29, 1.82) is 0 Å². The highest BCUT2D eigenvalue weighted by atomic mass is 79.9. The van der Waals surface area contributed by atoms with E-state index >= 15 is 0 Å². The zero-order valence-corrected chi connectivity index (χ0v) is 17.9. The molecule has 1 aromatic carbocycles. The average Bonchev–Trinajstić information content (AvgIpc) is 3.01. The summed E-state index contributed by atoms with van der Waals surface area (Å²) in [5.41, 5.74) is 2.93. The molecule has 5 nitrogen and oxygen atoms in total. The standard InChI is InChI=1S/C19H18BrN3O2S2/c1-10-6-7-13(12(20)8-10)21-15(24)9-26-19-22-17(25)16-11-4-2-3-5-14(11)27-18(16)23-19/h6-8H,2-5,9H2,1H3,(H,21,24)(H,22,23,25). The Morgan fingerprint density at radius 3 is 3.00 bits per heavy atom. The highest BCUT2D eigenvalue weighted by molar-refractivity contribution is 9.10. The molecule has 0 radical (unpaired) electrons. The smallest absolute Gasteiger partial charge is 0.260 e. The number of H-pyrrole nitrogens is 1. The second-order valence-electron chi connectivity index (χ2n) is 6.58. The van der Waals surface area contributed by atoms with Crippen molar-refractivity contribution in [2.24, 2.45) is 0 Å². The van der Waals surface area contributed by atoms with Crippen LogP contribution in [0.2, 0.25) is 0 Å². The molecule has 0 fully saturated rings. The monoisotopic (exact) mass is 463 g/mol. The Morgan fingerprint density at radius 2 is 2.19 bits per heavy atom. The first kappa shape index (κ1) is 18.7. The molecule has 0 saturated carbocycles. The molecular formula is C19H18BrN3O2S2. The lowest BCUT2D eigenvalue weighted by molar-refractivity contribution is -0.113. The lowest BCUT2D eigenvalue weighted by Crippen LogP contribution is -2.16. The SMILES string of the molecule is Cc1ccc(NC(=O)CSc2nc3sc4c(c3c(=O)[nH]2)CCCC4)c(Br)c1. The van der Waals surface area contributed by atoms with Gasteiger partial charge in [0.2, 0.25) is 5.91 Å². The van der Waals surface area contributed by atoms with Gasteiger partial charge in [-0.15, -0.1) is 11.3 Å². The van der Waals surface area contributed by atoms with Gasteiger partial charge < -0.3 is 10.3 Å². The fourth-order valence-corrected chi connectivity index (χ4v) is 5.83. The Labute approximate surface area is 173 Å². The molecule has 2 aromatic heterocycles. The Bertz CT molecular complexity index is 1090. The number of amides is 1. The normalized spacial score (nSPS) is 13.6. The molecule has 0 spiro atoms. The molecule has 1 aliphatic carbocycles. The highest BCUT2D eigenvalue weighted by Crippen LogP contribution is 2.34. The second-order valence-corrected chi connectivity index (χ2v) is 9.48. The topological polar surface area (TPSA) is 74.8 Å². The van der Waals surface area contributed by atoms with Crippen LogP contribution in [0.3, 0.4) is 0 Å². The van der Waals surface area contributed by atoms with Crippen LogP contribution in [-0.2, 0) is 17.6 Å². The van der Waals surface area contributed by atoms with Gasteiger partial charge in [0.25, 0.3) is 5.56 Å². The molecule has 3 aromatic rings. The van der Waals surface area contributed by atoms with E-state index in [1.54, 1.807) is 11.3 Å². The van der Waals surface area contributed by atoms with E-state index in [0.717, 1.165) is 45.2 Å². The van der Waals surface area contributed by atoms with Gasteiger partial charge >= 0.3 is 0 Å². The molecule has 0 bridgehead atoms. The van der Waals surface area contributed by atoms with E-state index in [9.17, 15) is 9.59 Å². The van der Waals surface area contributed by atoms with Gasteiger partial charge in [0, 0.05) is 9.35 Å². The van der Waals surface area contributed by atoms with E-state index in [0.29, 0.717) is 5.16 Å². The molecule has 27 heavy (non-hydrogen) atoms. The quantitative estimate of drug-likeness (QED) is 0.435. The fraction of sp³-hybridized carbons (Fsp3) is 0.316. The Balaban J connectivity index is 1.48. The maximum atomic E-state index is 12.5. The zero-order chi connectivity index (χ0) is 19.0. The first-order valence-corrected chi connectivity index (χ1v) is 11.3. The summed E-state index contributed by atoms with van der Waals surface area (Å²) in [6.45, 7) is 1.99. The number of carbonyl (C=O) groups excluding carboxylic acids is 1. The number of carbonyl (C=O) groups is 1. The molecule has 1 amide bonds. The van der Waals surface area contributed by atoms with Gasteiger partial charge in [-0.25, -0.2) is 4.98 Å². The summed E-state index contributed by atoms with van der Waals surface area (Å²) in [5.74, 6) is 0.0395. The van der Waals surface area contributed by atoms with E-state index in [2.05, 4.69) is 31.2 Å². The van der Waals surface area contributed by atoms with Crippen LogP contribution in [-0.4, -0.2) is 21.6 Å². The number of aromatic amines is 1. The number of benzene rings is 1. The summed E-state index contributed by atoms with van der Waals surface area (Å²) in [4.78, 5) is 34.3. The minimum atomic E-state index is -0.141. The van der Waals surface area contributed by atoms with Gasteiger partial charge in [-0.1, -0.05) is 17.8 Å². The van der Waals surface area contributed by atoms with Crippen LogP contribution < -0.4 is 10.9 Å². The third-order valence-corrected chi connectivity index (χ3v) is 7.26. The number of rotatable bonds is 4. The lowest BCUT2D eigenvalue weighted by atomic mass is 9.97. The summed E-state index contributed by atoms with van der Waals surface area (Å²) in [7, 11) is 0. The maximum absolute atomic E-state index is 12.5. The maximum Gasteiger partial charge on any atom is 0.260 e. The highest BCUT2D eigenvalue weighted by Gasteiger charge is 2.20. The minimum Gasteiger partial charge on any atom is -0.324 e. The first-order chi connectivity index (χ1) is 13.0. The molecule has 140 valence electrons. The molecule has 0 aliphatic heterocycles. The van der Waals surface area contributed by atoms with Crippen LogP contribution >= 0.6 is 39.0 Å². The number of nitrogens with one attached hydrogen (secondary N) is 2. The summed E-state index contributed by atoms with van der Waals surface area (Å²) in [5, 5.41) is 4.11. The molecule has 2 N–H and O–H groups in total. The number of aryl methyl sites for hydroxylation is 3. The van der Waals surface area contributed by atoms with Crippen LogP contribution in [0, 0.1) is 6.92 Å². The summed E-state index contributed by atoms with van der Waals surface area (Å²) in [6.07, 6.45) is 4.30. The van der Waals surface area contributed by atoms with Crippen molar-refractivity contribution in [3.8, 4) is 0 Å². The second kappa shape index (κ2) is 7.77. The molecule has 8 heteroatoms. The third-order valence-electron chi connectivity index (χ3n) is 4.54. The van der Waals surface area contributed by atoms with Crippen molar-refractivity contribution in [2.75, 3.05) is 11.1 Å². The van der Waals surface area contributed by atoms with Crippen molar-refractivity contribution in [3.63, 3.8) is 0 Å². The Morgan fingerprint density at radius 1 is 1.37 bits per heavy atom. The lowest BCUT2D eigenvalue weighted by Gasteiger charge is -2.09. The number of thiophene rings is 1. The average molecular weight is 464 g/mol. The molecule has 1 aliphatic rings. The third kappa shape index (κ3) is 3.97. The predicted octanol–water partition coefficient (Wildman–Crippen LogP) is 4.67. The molecular weight excluding hydrogens is 446 g/mol. The number of thioether (sulfide) groups is 1. The van der Waals surface area contributed by atoms with Gasteiger partial charge in [0.1, 0.15) is 4.83 Å². The van der Waals surface area contributed by atoms with Crippen molar-refractivity contribution in [3.05, 3.63) is 49.0 Å². The molecule has 0 saturated heterocycles. The molecule has 4 rings (SSSR count). The first-order valence-electron chi connectivity index (χ1n) is 8.74. The van der Waals surface area contributed by atoms with Crippen molar-refractivity contribution < 1.29 is 4.79 Å². The van der Waals surface area contributed by atoms with Gasteiger partial charge in [-0.3, -0.25) is 9.59 Å². The van der Waals surface area contributed by atoms with Crippen LogP contribution in [0.5, 0.6) is 0 Å². The molecule has 0 atom stereocenters. The summed E-state index contributed by atoms with van der Waals surface area (Å²) in [6, 6.07) is 5.76. The van der Waals surface area contributed by atoms with Crippen LogP contribution in [0.15, 0.2) is 32.6 Å². The molecule has 0 unspecified atom stereocenters. The van der Waals surface area contributed by atoms with Crippen LogP contribution in [0.4, 0.5) is 5.69 Å². The van der Waals surface area contributed by atoms with Gasteiger partial charge in [0.05, 0.1) is 16.8 Å². The number of anilines is 1. The van der Waals surface area contributed by atoms with Crippen molar-refractivity contribution in [1.82, 2.24) is 9.97 Å². The largest absolute Gasteiger partial charge is 0.324 e. The van der Waals surface area contributed by atoms with Crippen molar-refractivity contribution >= 4 is 60.8 Å². The van der Waals surface area contributed by atoms with Crippen molar-refractivity contribution in [2.45, 2.75) is 37.8 Å². The predicted molar refractivity (Wildman–Crippen MR) is 115 cm³/mol. The number of nitrogens with zero attached hydrogens (tertiary/aromatic N) is 1. The van der Waals surface area contributed by atoms with E-state index < -0.39 is 0 Å². The van der Waals surface area contributed by atoms with Gasteiger partial charge in [-0.2, -0.15) is 0 Å². The van der Waals surface area contributed by atoms with Crippen LogP contribution in [0.25, 0.3) is 10.2 Å². The number of halogens is 1. The number of hydrogen-bond acceptors (Lipinski definition) is 5. The zero-order valence-electron chi connectivity index (χ0n) is 14.7. The Kier molecular flexibility index (Phi) is 5.39.